The van der Waals surface area contributed by atoms with Crippen LogP contribution in [0.5, 0.6) is 0 Å². The molecule has 3 aromatic heterocycles. The first-order valence-corrected chi connectivity index (χ1v) is 19.9. The number of amides is 1. The summed E-state index contributed by atoms with van der Waals surface area (Å²) in [6.07, 6.45) is 8.77. The van der Waals surface area contributed by atoms with Gasteiger partial charge in [0.05, 0.1) is 35.1 Å². The van der Waals surface area contributed by atoms with Crippen LogP contribution in [-0.2, 0) is 32.0 Å². The van der Waals surface area contributed by atoms with Gasteiger partial charge in [-0.25, -0.2) is 9.97 Å². The Bertz CT molecular complexity index is 2120. The number of benzene rings is 1. The molecule has 12 nitrogen and oxygen atoms in total. The molecule has 4 aromatic rings. The zero-order valence-electron chi connectivity index (χ0n) is 29.1. The zero-order valence-corrected chi connectivity index (χ0v) is 30.9. The maximum atomic E-state index is 13.2. The summed E-state index contributed by atoms with van der Waals surface area (Å²) in [6.45, 7) is 1.48. The lowest BCUT2D eigenvalue weighted by Crippen LogP contribution is -2.10. The number of H-pyrrole nitrogens is 2. The minimum Gasteiger partial charge on any atom is -0.355 e. The van der Waals surface area contributed by atoms with E-state index in [1.807, 2.05) is 85.0 Å². The fraction of sp³-hybridized carbons (Fsp3) is 0.270. The summed E-state index contributed by atoms with van der Waals surface area (Å²) in [7, 11) is -1.25. The van der Waals surface area contributed by atoms with E-state index in [2.05, 4.69) is 15.3 Å². The Hall–Kier alpha value is -4.41. The number of aromatic amines is 2. The molecule has 0 radical (unpaired) electrons. The highest BCUT2D eigenvalue weighted by atomic mass is 31.2. The molecule has 0 atom stereocenters. The second-order valence-corrected chi connectivity index (χ2v) is 17.0. The smallest absolute Gasteiger partial charge is 0.330 e. The normalized spacial score (nSPS) is 12.9. The lowest BCUT2D eigenvalue weighted by Gasteiger charge is -2.23. The van der Waals surface area contributed by atoms with Gasteiger partial charge in [0.1, 0.15) is 0 Å². The minimum atomic E-state index is -3.36. The summed E-state index contributed by atoms with van der Waals surface area (Å²) in [5.74, 6) is -0.441. The van der Waals surface area contributed by atoms with Gasteiger partial charge in [-0.1, -0.05) is 12.1 Å². The summed E-state index contributed by atoms with van der Waals surface area (Å²) < 4.78 is 47.5. The molecule has 0 aliphatic carbocycles. The van der Waals surface area contributed by atoms with Crippen LogP contribution in [0.2, 0.25) is 0 Å². The van der Waals surface area contributed by atoms with Gasteiger partial charge in [0.15, 0.2) is 0 Å². The van der Waals surface area contributed by atoms with Crippen LogP contribution >= 0.6 is 15.2 Å². The highest BCUT2D eigenvalue weighted by molar-refractivity contribution is 7.54. The Morgan fingerprint density at radius 3 is 1.61 bits per heavy atom. The van der Waals surface area contributed by atoms with Crippen molar-refractivity contribution in [3.8, 4) is 11.1 Å². The highest BCUT2D eigenvalue weighted by Crippen LogP contribution is 2.52. The average molecular weight is 730 g/mol. The van der Waals surface area contributed by atoms with Gasteiger partial charge in [-0.05, 0) is 97.2 Å². The molecule has 0 unspecified atom stereocenters. The van der Waals surface area contributed by atoms with E-state index in [0.29, 0.717) is 29.9 Å². The summed E-state index contributed by atoms with van der Waals surface area (Å²) in [5.41, 5.74) is 9.76. The van der Waals surface area contributed by atoms with Crippen molar-refractivity contribution in [3.05, 3.63) is 89.0 Å². The lowest BCUT2D eigenvalue weighted by atomic mass is 9.91. The van der Waals surface area contributed by atoms with Crippen molar-refractivity contribution in [3.63, 3.8) is 0 Å². The zero-order chi connectivity index (χ0) is 36.2. The molecule has 1 amide bonds. The first-order valence-electron chi connectivity index (χ1n) is 16.4. The first-order chi connectivity index (χ1) is 24.5. The van der Waals surface area contributed by atoms with Crippen LogP contribution in [0.1, 0.15) is 54.0 Å². The molecule has 2 aliphatic heterocycles. The predicted molar refractivity (Wildman–Crippen MR) is 204 cm³/mol. The number of nitrogens with zero attached hydrogens (tertiary/aromatic N) is 2. The molecule has 0 saturated heterocycles. The Labute approximate surface area is 296 Å². The molecular weight excluding hydrogens is 688 g/mol. The van der Waals surface area contributed by atoms with Crippen molar-refractivity contribution in [2.45, 2.75) is 25.7 Å². The molecule has 8 bridgehead atoms. The molecule has 6 rings (SSSR count). The van der Waals surface area contributed by atoms with Crippen LogP contribution in [-0.4, -0.2) is 66.6 Å². The quantitative estimate of drug-likeness (QED) is 0.0986. The number of aromatic nitrogens is 4. The van der Waals surface area contributed by atoms with Crippen LogP contribution in [0.3, 0.4) is 0 Å². The van der Waals surface area contributed by atoms with Crippen molar-refractivity contribution in [2.75, 3.05) is 46.1 Å². The molecule has 1 aromatic carbocycles. The molecule has 0 fully saturated rings. The molecular formula is C37H41N5O7P2. The predicted octanol–water partition coefficient (Wildman–Crippen LogP) is 9.12. The monoisotopic (exact) mass is 729 g/mol. The first kappa shape index (κ1) is 36.4. The van der Waals surface area contributed by atoms with E-state index >= 15 is 0 Å². The minimum absolute atomic E-state index is 0.128. The summed E-state index contributed by atoms with van der Waals surface area (Å²) >= 11 is 0. The number of rotatable bonds is 13. The summed E-state index contributed by atoms with van der Waals surface area (Å²) in [6, 6.07) is 19.7. The van der Waals surface area contributed by atoms with Gasteiger partial charge in [0.2, 0.25) is 5.91 Å². The van der Waals surface area contributed by atoms with Gasteiger partial charge in [-0.15, -0.1) is 0 Å². The summed E-state index contributed by atoms with van der Waals surface area (Å²) in [5, 5.41) is 2.83. The molecule has 5 heterocycles. The molecule has 3 N–H and O–H groups in total. The highest BCUT2D eigenvalue weighted by Gasteiger charge is 2.30. The molecule has 0 saturated carbocycles. The number of anilines is 1. The third-order valence-corrected chi connectivity index (χ3v) is 12.8. The maximum Gasteiger partial charge on any atom is 0.330 e. The van der Waals surface area contributed by atoms with Crippen LogP contribution in [0.4, 0.5) is 5.69 Å². The van der Waals surface area contributed by atoms with E-state index in [1.54, 1.807) is 0 Å². The second kappa shape index (κ2) is 15.5. The fourth-order valence-corrected chi connectivity index (χ4v) is 8.61. The third kappa shape index (κ3) is 8.39. The topological polar surface area (TPSA) is 158 Å². The van der Waals surface area contributed by atoms with Gasteiger partial charge >= 0.3 is 15.2 Å². The van der Waals surface area contributed by atoms with Crippen molar-refractivity contribution in [2.24, 2.45) is 0 Å². The van der Waals surface area contributed by atoms with Crippen LogP contribution in [0, 0.1) is 0 Å². The second-order valence-electron chi connectivity index (χ2n) is 12.2. The number of fused-ring (bicyclic) bond motifs is 8. The van der Waals surface area contributed by atoms with Crippen molar-refractivity contribution in [1.29, 1.82) is 0 Å². The van der Waals surface area contributed by atoms with E-state index in [4.69, 9.17) is 28.1 Å². The molecule has 14 heteroatoms. The maximum absolute atomic E-state index is 13.2. The van der Waals surface area contributed by atoms with Gasteiger partial charge < -0.3 is 33.4 Å². The average Bonchev–Trinajstić information content (AvgIpc) is 3.96. The molecule has 2 aliphatic rings. The van der Waals surface area contributed by atoms with Crippen molar-refractivity contribution < 1.29 is 32.0 Å². The number of hydrogen-bond donors (Lipinski definition) is 3. The number of carbonyl (C=O) groups is 1. The van der Waals surface area contributed by atoms with E-state index in [-0.39, 0.29) is 24.1 Å². The Morgan fingerprint density at radius 1 is 0.706 bits per heavy atom. The molecule has 51 heavy (non-hydrogen) atoms. The molecule has 0 spiro atoms. The van der Waals surface area contributed by atoms with Gasteiger partial charge in [0, 0.05) is 74.2 Å². The number of nitrogens with one attached hydrogen (secondary N) is 3. The number of carbonyl (C=O) groups excluding carboxylic acids is 1. The largest absolute Gasteiger partial charge is 0.355 e. The van der Waals surface area contributed by atoms with Crippen LogP contribution in [0.25, 0.3) is 57.5 Å². The van der Waals surface area contributed by atoms with Crippen LogP contribution in [0.15, 0.2) is 60.7 Å². The third-order valence-electron chi connectivity index (χ3n) is 8.96. The molecule has 266 valence electrons. The number of hydrogen-bond acceptors (Lipinski definition) is 9. The Kier molecular flexibility index (Phi) is 11.0. The van der Waals surface area contributed by atoms with E-state index < -0.39 is 15.2 Å². The van der Waals surface area contributed by atoms with E-state index in [0.717, 1.165) is 50.1 Å². The Balaban J connectivity index is 1.55. The standard InChI is InChI=1S/C37H41N5O7P2/c1-24(43)38-27-8-6-25(7-9-27)36-32-14-10-28(39-32)22-30-12-16-34(41-30)37(35-17-13-31(42-35)23-29-11-15-33(36)40-29)26(18-20-50(44,46-2)47-3)19-21-51(45,48-4)49-5/h6-17,22-23,26,39-40H,18-21H2,1-5H3,(H,38,43). The Morgan fingerprint density at radius 2 is 1.18 bits per heavy atom. The van der Waals surface area contributed by atoms with Crippen molar-refractivity contribution >= 4 is 73.2 Å². The van der Waals surface area contributed by atoms with Crippen molar-refractivity contribution in [1.82, 2.24) is 19.9 Å². The van der Waals surface area contributed by atoms with E-state index in [9.17, 15) is 13.9 Å². The van der Waals surface area contributed by atoms with Gasteiger partial charge in [-0.2, -0.15) is 0 Å². The SMILES string of the molecule is COP(=O)(CCC(CCP(=O)(OC)OC)c1c2nc(cc3ccc([nH]3)c(-c3ccc(NC(C)=O)cc3)c3ccc(cc4nc1C=C4)[nH]3)C=C2)OC. The summed E-state index contributed by atoms with van der Waals surface area (Å²) in [4.78, 5) is 28.8. The lowest BCUT2D eigenvalue weighted by molar-refractivity contribution is -0.114. The van der Waals surface area contributed by atoms with Crippen LogP contribution < -0.4 is 5.32 Å². The van der Waals surface area contributed by atoms with E-state index in [1.165, 1.54) is 35.4 Å². The van der Waals surface area contributed by atoms with Gasteiger partial charge in [-0.3, -0.25) is 13.9 Å². The fourth-order valence-electron chi connectivity index (χ4n) is 6.32. The van der Waals surface area contributed by atoms with Gasteiger partial charge in [0.25, 0.3) is 0 Å².